The minimum absolute atomic E-state index is 0.175. The van der Waals surface area contributed by atoms with E-state index in [1.165, 1.54) is 65.8 Å². The third-order valence-corrected chi connectivity index (χ3v) is 7.52. The molecule has 0 unspecified atom stereocenters. The van der Waals surface area contributed by atoms with Gasteiger partial charge in [0.25, 0.3) is 0 Å². The van der Waals surface area contributed by atoms with Crippen molar-refractivity contribution in [2.24, 2.45) is 0 Å². The van der Waals surface area contributed by atoms with Crippen LogP contribution in [-0.2, 0) is 28.8 Å². The second-order valence-corrected chi connectivity index (χ2v) is 11.9. The molecule has 0 heterocycles. The topological polar surface area (TPSA) is 158 Å². The van der Waals surface area contributed by atoms with Gasteiger partial charge in [0.1, 0.15) is 34.5 Å². The second kappa shape index (κ2) is 16.5. The van der Waals surface area contributed by atoms with Gasteiger partial charge in [0.15, 0.2) is 0 Å². The van der Waals surface area contributed by atoms with Crippen LogP contribution >= 0.6 is 0 Å². The number of esters is 6. The summed E-state index contributed by atoms with van der Waals surface area (Å²) in [5.74, 6) is -1.96. The molecule has 5 aromatic rings. The van der Waals surface area contributed by atoms with E-state index in [2.05, 4.69) is 0 Å². The summed E-state index contributed by atoms with van der Waals surface area (Å²) in [5.41, 5.74) is 4.12. The zero-order valence-electron chi connectivity index (χ0n) is 30.1. The van der Waals surface area contributed by atoms with Crippen LogP contribution in [0.2, 0.25) is 0 Å². The van der Waals surface area contributed by atoms with Crippen molar-refractivity contribution in [3.8, 4) is 79.0 Å². The zero-order valence-corrected chi connectivity index (χ0v) is 30.1. The van der Waals surface area contributed by atoms with Crippen molar-refractivity contribution < 1.29 is 57.2 Å². The number of rotatable bonds is 10. The van der Waals surface area contributed by atoms with E-state index < -0.39 is 35.8 Å². The van der Waals surface area contributed by atoms with E-state index in [1.54, 1.807) is 72.8 Å². The number of carbonyl (C=O) groups is 6. The quantitative estimate of drug-likeness (QED) is 0.101. The fourth-order valence-electron chi connectivity index (χ4n) is 5.58. The fraction of sp³-hybridized carbons (Fsp3) is 0.143. The molecule has 0 saturated heterocycles. The molecule has 0 aliphatic heterocycles. The predicted molar refractivity (Wildman–Crippen MR) is 196 cm³/mol. The summed E-state index contributed by atoms with van der Waals surface area (Å²) in [6.07, 6.45) is 0. The van der Waals surface area contributed by atoms with Crippen LogP contribution in [0.25, 0.3) is 44.5 Å². The number of hydrogen-bond acceptors (Lipinski definition) is 12. The maximum atomic E-state index is 12.5. The Morgan fingerprint density at radius 1 is 0.315 bits per heavy atom. The number of carbonyl (C=O) groups excluding carboxylic acids is 6. The van der Waals surface area contributed by atoms with E-state index in [0.29, 0.717) is 44.5 Å². The molecule has 0 aromatic heterocycles. The van der Waals surface area contributed by atoms with Crippen molar-refractivity contribution in [1.82, 2.24) is 0 Å². The average Bonchev–Trinajstić information content (AvgIpc) is 3.09. The summed E-state index contributed by atoms with van der Waals surface area (Å²) < 4.78 is 32.6. The van der Waals surface area contributed by atoms with Gasteiger partial charge in [-0.25, -0.2) is 0 Å². The van der Waals surface area contributed by atoms with Crippen molar-refractivity contribution in [1.29, 1.82) is 0 Å². The van der Waals surface area contributed by atoms with Gasteiger partial charge in [-0.05, 0) is 70.8 Å². The Kier molecular flexibility index (Phi) is 11.7. The Morgan fingerprint density at radius 2 is 0.593 bits per heavy atom. The first-order valence-electron chi connectivity index (χ1n) is 16.4. The first-order chi connectivity index (χ1) is 25.7. The summed E-state index contributed by atoms with van der Waals surface area (Å²) in [6, 6.07) is 26.3. The largest absolute Gasteiger partial charge is 0.427 e. The van der Waals surface area contributed by atoms with Gasteiger partial charge in [0.05, 0.1) is 0 Å². The normalized spacial score (nSPS) is 10.5. The second-order valence-electron chi connectivity index (χ2n) is 11.9. The van der Waals surface area contributed by atoms with E-state index in [1.807, 2.05) is 0 Å². The van der Waals surface area contributed by atoms with Gasteiger partial charge >= 0.3 is 35.8 Å². The lowest BCUT2D eigenvalue weighted by molar-refractivity contribution is -0.133. The Balaban J connectivity index is 1.63. The molecule has 0 N–H and O–H groups in total. The summed E-state index contributed by atoms with van der Waals surface area (Å²) in [5, 5.41) is 0. The molecule has 12 heteroatoms. The summed E-state index contributed by atoms with van der Waals surface area (Å²) in [6.45, 7) is 7.61. The molecule has 5 aromatic carbocycles. The van der Waals surface area contributed by atoms with Gasteiger partial charge in [-0.1, -0.05) is 48.5 Å². The highest BCUT2D eigenvalue weighted by Gasteiger charge is 2.21. The molecular formula is C42H34O12. The van der Waals surface area contributed by atoms with Crippen LogP contribution in [0, 0.1) is 0 Å². The first-order valence-corrected chi connectivity index (χ1v) is 16.4. The minimum Gasteiger partial charge on any atom is -0.427 e. The SMILES string of the molecule is CC(=O)Oc1ccc(OC(C)=O)c(-c2ccc(-c3cc(OC(C)=O)cc(-c4ccc(-c5cc(OC(C)=O)ccc5OC(C)=O)cc4)c3OC(C)=O)cc2)c1. The summed E-state index contributed by atoms with van der Waals surface area (Å²) in [4.78, 5) is 71.6. The smallest absolute Gasteiger partial charge is 0.308 e. The van der Waals surface area contributed by atoms with Gasteiger partial charge in [-0.15, -0.1) is 0 Å². The van der Waals surface area contributed by atoms with Crippen LogP contribution in [0.5, 0.6) is 34.5 Å². The van der Waals surface area contributed by atoms with Crippen LogP contribution in [0.4, 0.5) is 0 Å². The number of benzene rings is 5. The molecule has 0 aliphatic carbocycles. The minimum atomic E-state index is -0.604. The molecule has 274 valence electrons. The van der Waals surface area contributed by atoms with Crippen molar-refractivity contribution in [2.75, 3.05) is 0 Å². The molecule has 5 rings (SSSR count). The molecule has 0 atom stereocenters. The van der Waals surface area contributed by atoms with Crippen LogP contribution in [0.3, 0.4) is 0 Å². The molecule has 12 nitrogen and oxygen atoms in total. The van der Waals surface area contributed by atoms with Crippen LogP contribution < -0.4 is 28.4 Å². The Bertz CT molecular complexity index is 2140. The third kappa shape index (κ3) is 9.62. The van der Waals surface area contributed by atoms with Crippen LogP contribution in [0.1, 0.15) is 41.5 Å². The first kappa shape index (κ1) is 38.2. The third-order valence-electron chi connectivity index (χ3n) is 7.52. The van der Waals surface area contributed by atoms with E-state index in [4.69, 9.17) is 28.4 Å². The maximum absolute atomic E-state index is 12.5. The van der Waals surface area contributed by atoms with Gasteiger partial charge in [-0.2, -0.15) is 0 Å². The van der Waals surface area contributed by atoms with Crippen molar-refractivity contribution in [3.63, 3.8) is 0 Å². The van der Waals surface area contributed by atoms with Gasteiger partial charge in [0.2, 0.25) is 0 Å². The predicted octanol–water partition coefficient (Wildman–Crippen LogP) is 7.91. The average molecular weight is 731 g/mol. The Morgan fingerprint density at radius 3 is 0.907 bits per heavy atom. The summed E-state index contributed by atoms with van der Waals surface area (Å²) in [7, 11) is 0. The van der Waals surface area contributed by atoms with Gasteiger partial charge in [0, 0.05) is 63.8 Å². The van der Waals surface area contributed by atoms with E-state index in [0.717, 1.165) is 0 Å². The molecule has 0 radical (unpaired) electrons. The van der Waals surface area contributed by atoms with Gasteiger partial charge < -0.3 is 28.4 Å². The fourth-order valence-corrected chi connectivity index (χ4v) is 5.58. The maximum Gasteiger partial charge on any atom is 0.308 e. The number of ether oxygens (including phenoxy) is 6. The number of hydrogen-bond donors (Lipinski definition) is 0. The Hall–Kier alpha value is -7.08. The monoisotopic (exact) mass is 730 g/mol. The molecule has 0 spiro atoms. The van der Waals surface area contributed by atoms with Crippen LogP contribution in [-0.4, -0.2) is 35.8 Å². The van der Waals surface area contributed by atoms with Gasteiger partial charge in [-0.3, -0.25) is 28.8 Å². The Labute approximate surface area is 310 Å². The van der Waals surface area contributed by atoms with E-state index >= 15 is 0 Å². The lowest BCUT2D eigenvalue weighted by Gasteiger charge is -2.18. The summed E-state index contributed by atoms with van der Waals surface area (Å²) >= 11 is 0. The van der Waals surface area contributed by atoms with Crippen LogP contribution in [0.15, 0.2) is 97.1 Å². The molecule has 0 bridgehead atoms. The zero-order chi connectivity index (χ0) is 39.1. The van der Waals surface area contributed by atoms with E-state index in [-0.39, 0.29) is 34.5 Å². The van der Waals surface area contributed by atoms with Crippen molar-refractivity contribution in [3.05, 3.63) is 97.1 Å². The molecule has 0 saturated carbocycles. The standard InChI is InChI=1S/C42H34O12/c1-23(43)49-33-15-17-40(52-26(4)46)36(19-33)29-7-11-31(12-8-29)38-21-35(51-25(3)45)22-39(42(38)54-28(6)48)32-13-9-30(10-14-32)37-20-34(50-24(2)44)16-18-41(37)53-27(5)47/h7-22H,1-6H3. The lowest BCUT2D eigenvalue weighted by Crippen LogP contribution is -2.07. The molecule has 0 amide bonds. The molecule has 54 heavy (non-hydrogen) atoms. The van der Waals surface area contributed by atoms with E-state index in [9.17, 15) is 28.8 Å². The molecular weight excluding hydrogens is 696 g/mol. The lowest BCUT2D eigenvalue weighted by atomic mass is 9.94. The highest BCUT2D eigenvalue weighted by atomic mass is 16.6. The van der Waals surface area contributed by atoms with Crippen molar-refractivity contribution in [2.45, 2.75) is 41.5 Å². The molecule has 0 aliphatic rings. The molecule has 0 fully saturated rings. The highest BCUT2D eigenvalue weighted by molar-refractivity contribution is 5.90. The van der Waals surface area contributed by atoms with Crippen molar-refractivity contribution >= 4 is 35.8 Å². The highest BCUT2D eigenvalue weighted by Crippen LogP contribution is 2.45.